The summed E-state index contributed by atoms with van der Waals surface area (Å²) in [6, 6.07) is 0. The molecule has 2 N–H and O–H groups in total. The van der Waals surface area contributed by atoms with E-state index in [0.29, 0.717) is 0 Å². The van der Waals surface area contributed by atoms with Crippen LogP contribution in [0.3, 0.4) is 0 Å². The topological polar surface area (TPSA) is 57.5 Å². The maximum absolute atomic E-state index is 9.12. The summed E-state index contributed by atoms with van der Waals surface area (Å²) in [5.41, 5.74) is 0. The summed E-state index contributed by atoms with van der Waals surface area (Å²) in [5.74, 6) is -1.19. The monoisotopic (exact) mass is 240 g/mol. The molecule has 0 fully saturated rings. The van der Waals surface area contributed by atoms with Crippen molar-refractivity contribution in [3.8, 4) is 0 Å². The largest absolute Gasteiger partial charge is 1.00 e. The molecule has 0 aliphatic rings. The number of carbonyl (C=O) groups is 1. The molecular weight excluding hydrogens is 215 g/mol. The van der Waals surface area contributed by atoms with Gasteiger partial charge in [0.1, 0.15) is 6.61 Å². The first kappa shape index (κ1) is 45.7. The van der Waals surface area contributed by atoms with E-state index >= 15 is 0 Å². The van der Waals surface area contributed by atoms with Crippen LogP contribution in [0.15, 0.2) is 65.8 Å². The van der Waals surface area contributed by atoms with Crippen molar-refractivity contribution in [2.45, 2.75) is 0 Å². The summed E-state index contributed by atoms with van der Waals surface area (Å²) in [6.45, 7) is 29.2. The van der Waals surface area contributed by atoms with Gasteiger partial charge in [-0.2, -0.15) is 0 Å². The van der Waals surface area contributed by atoms with Crippen LogP contribution in [0, 0.1) is 0 Å². The fourth-order valence-electron chi connectivity index (χ4n) is 0. The molecule has 0 atom stereocenters. The quantitative estimate of drug-likeness (QED) is 0.508. The predicted octanol–water partition coefficient (Wildman–Crippen LogP) is 0.191. The molecule has 0 spiro atoms. The Morgan fingerprint density at radius 3 is 0.875 bits per heavy atom. The van der Waals surface area contributed by atoms with Gasteiger partial charge in [0.2, 0.25) is 0 Å². The minimum absolute atomic E-state index is 0. The van der Waals surface area contributed by atoms with E-state index in [1.165, 1.54) is 0 Å². The van der Waals surface area contributed by atoms with Crippen molar-refractivity contribution in [1.82, 2.24) is 0 Å². The number of aliphatic carboxylic acids is 1. The molecule has 0 aliphatic carbocycles. The molecule has 0 aliphatic heterocycles. The van der Waals surface area contributed by atoms with Gasteiger partial charge in [-0.25, -0.2) is 4.79 Å². The average molecular weight is 240 g/mol. The Morgan fingerprint density at radius 2 is 0.875 bits per heavy atom. The van der Waals surface area contributed by atoms with Crippen LogP contribution in [0.5, 0.6) is 0 Å². The van der Waals surface area contributed by atoms with Crippen molar-refractivity contribution in [2.75, 3.05) is 6.61 Å². The number of aliphatic hydroxyl groups excluding tert-OH is 1. The zero-order valence-corrected chi connectivity index (χ0v) is 12.6. The zero-order valence-electron chi connectivity index (χ0n) is 11.6. The van der Waals surface area contributed by atoms with Crippen molar-refractivity contribution in [1.29, 1.82) is 0 Å². The molecule has 0 radical (unpaired) electrons. The van der Waals surface area contributed by atoms with Gasteiger partial charge in [-0.15, -0.1) is 65.8 Å². The number of carboxylic acids is 1. The summed E-state index contributed by atoms with van der Waals surface area (Å²) in [6.07, 6.45) is 0. The molecule has 0 aromatic rings. The van der Waals surface area contributed by atoms with Crippen LogP contribution in [-0.4, -0.2) is 22.8 Å². The van der Waals surface area contributed by atoms with Crippen LogP contribution in [0.1, 0.15) is 1.43 Å². The van der Waals surface area contributed by atoms with Gasteiger partial charge in [0.25, 0.3) is 0 Å². The molecule has 0 aromatic carbocycles. The fourth-order valence-corrected chi connectivity index (χ4v) is 0. The molecule has 16 heavy (non-hydrogen) atoms. The van der Waals surface area contributed by atoms with Crippen LogP contribution in [0.25, 0.3) is 0 Å². The molecule has 0 aromatic heterocycles. The van der Waals surface area contributed by atoms with E-state index in [9.17, 15) is 0 Å². The van der Waals surface area contributed by atoms with Crippen molar-refractivity contribution in [3.05, 3.63) is 65.8 Å². The Kier molecular flexibility index (Phi) is 710. The fraction of sp³-hybridized carbons (Fsp3) is 0.0833. The number of aliphatic hydroxyl groups is 1. The SMILES string of the molecule is C=C.C=C.C=C.C=C.C=C.O=C(O)CO.[H-].[Na+]. The van der Waals surface area contributed by atoms with Crippen LogP contribution in [0.2, 0.25) is 0 Å². The zero-order chi connectivity index (χ0) is 14.3. The summed E-state index contributed by atoms with van der Waals surface area (Å²) in [7, 11) is 0. The van der Waals surface area contributed by atoms with E-state index in [4.69, 9.17) is 15.0 Å². The Labute approximate surface area is 124 Å². The minimum atomic E-state index is -1.19. The number of hydrogen-bond acceptors (Lipinski definition) is 2. The molecule has 3 nitrogen and oxygen atoms in total. The first-order valence-electron chi connectivity index (χ1n) is 3.60. The molecule has 0 unspecified atom stereocenters. The molecule has 0 heterocycles. The number of carboxylic acid groups (broad SMARTS) is 1. The smallest absolute Gasteiger partial charge is 1.00 e. The maximum Gasteiger partial charge on any atom is 1.00 e. The third-order valence-electron chi connectivity index (χ3n) is 0.135. The van der Waals surface area contributed by atoms with Gasteiger partial charge in [0, 0.05) is 0 Å². The van der Waals surface area contributed by atoms with Crippen molar-refractivity contribution in [3.63, 3.8) is 0 Å². The van der Waals surface area contributed by atoms with Gasteiger partial charge in [0.15, 0.2) is 0 Å². The van der Waals surface area contributed by atoms with Gasteiger partial charge >= 0.3 is 35.5 Å². The molecule has 0 bridgehead atoms. The van der Waals surface area contributed by atoms with Gasteiger partial charge in [0.05, 0.1) is 0 Å². The molecule has 0 saturated heterocycles. The van der Waals surface area contributed by atoms with Crippen LogP contribution in [0.4, 0.5) is 0 Å². The first-order valence-corrected chi connectivity index (χ1v) is 3.60. The van der Waals surface area contributed by atoms with E-state index in [0.717, 1.165) is 0 Å². The maximum atomic E-state index is 9.12. The Hall–Kier alpha value is -0.870. The second-order valence-corrected chi connectivity index (χ2v) is 0.552. The third kappa shape index (κ3) is 1510. The van der Waals surface area contributed by atoms with E-state index in [1.807, 2.05) is 0 Å². The predicted molar refractivity (Wildman–Crippen MR) is 72.1 cm³/mol. The normalized spacial score (nSPS) is 3.56. The summed E-state index contributed by atoms with van der Waals surface area (Å²) in [4.78, 5) is 9.12. The summed E-state index contributed by atoms with van der Waals surface area (Å²) >= 11 is 0. The van der Waals surface area contributed by atoms with E-state index in [1.54, 1.807) is 0 Å². The average Bonchev–Trinajstić information content (AvgIpc) is 2.41. The van der Waals surface area contributed by atoms with Gasteiger partial charge in [-0.1, -0.05) is 0 Å². The Morgan fingerprint density at radius 1 is 0.812 bits per heavy atom. The van der Waals surface area contributed by atoms with Crippen LogP contribution >= 0.6 is 0 Å². The second kappa shape index (κ2) is 249. The Balaban J connectivity index is -0.00000001000. The molecular formula is C12H25NaO3. The summed E-state index contributed by atoms with van der Waals surface area (Å²) < 4.78 is 0. The number of hydrogen-bond donors (Lipinski definition) is 2. The van der Waals surface area contributed by atoms with Crippen molar-refractivity contribution < 1.29 is 46.0 Å². The Bertz CT molecular complexity index is 92.1. The van der Waals surface area contributed by atoms with Gasteiger partial charge in [-0.3, -0.25) is 0 Å². The minimum Gasteiger partial charge on any atom is -1.00 e. The number of rotatable bonds is 1. The van der Waals surface area contributed by atoms with Crippen molar-refractivity contribution in [2.24, 2.45) is 0 Å². The summed E-state index contributed by atoms with van der Waals surface area (Å²) in [5, 5.41) is 15.0. The molecule has 0 amide bonds. The standard InChI is InChI=1S/C2H4O3.5C2H4.Na.H/c3-1-2(4)5;5*1-2;;/h3H,1H2,(H,4,5);5*1-2H2;;/q;;;;;;+1;-1. The van der Waals surface area contributed by atoms with Crippen LogP contribution in [-0.2, 0) is 4.79 Å². The third-order valence-corrected chi connectivity index (χ3v) is 0.135. The molecule has 4 heteroatoms. The molecule has 92 valence electrons. The molecule has 0 saturated carbocycles. The van der Waals surface area contributed by atoms with E-state index in [-0.39, 0.29) is 31.0 Å². The van der Waals surface area contributed by atoms with E-state index in [2.05, 4.69) is 65.8 Å². The van der Waals surface area contributed by atoms with Crippen molar-refractivity contribution >= 4 is 5.97 Å². The second-order valence-electron chi connectivity index (χ2n) is 0.552. The first-order chi connectivity index (χ1) is 7.27. The van der Waals surface area contributed by atoms with Crippen LogP contribution < -0.4 is 29.6 Å². The van der Waals surface area contributed by atoms with Gasteiger partial charge < -0.3 is 11.6 Å². The van der Waals surface area contributed by atoms with Gasteiger partial charge in [-0.05, 0) is 0 Å². The van der Waals surface area contributed by atoms with E-state index < -0.39 is 12.6 Å². The molecule has 0 rings (SSSR count).